The molecular weight excluding hydrogens is 210 g/mol. The molecule has 0 atom stereocenters. The van der Waals surface area contributed by atoms with Crippen molar-refractivity contribution in [3.8, 4) is 6.07 Å². The maximum atomic E-state index is 9.03. The summed E-state index contributed by atoms with van der Waals surface area (Å²) in [6.07, 6.45) is 1.63. The summed E-state index contributed by atoms with van der Waals surface area (Å²) < 4.78 is 0. The fraction of sp³-hybridized carbons (Fsp3) is 0.143. The van der Waals surface area contributed by atoms with Gasteiger partial charge >= 0.3 is 0 Å². The maximum Gasteiger partial charge on any atom is 0.164 e. The summed E-state index contributed by atoms with van der Waals surface area (Å²) in [5.74, 6) is 0. The molecule has 2 aromatic rings. The SMILES string of the molecule is Cc1cccc(N(C)c2cccnc2C#N)c1. The molecule has 0 unspecified atom stereocenters. The minimum Gasteiger partial charge on any atom is -0.342 e. The number of nitriles is 1. The van der Waals surface area contributed by atoms with Crippen molar-refractivity contribution in [2.45, 2.75) is 6.92 Å². The first-order valence-corrected chi connectivity index (χ1v) is 5.38. The molecule has 0 radical (unpaired) electrons. The van der Waals surface area contributed by atoms with Crippen LogP contribution in [0.2, 0.25) is 0 Å². The van der Waals surface area contributed by atoms with Gasteiger partial charge in [-0.1, -0.05) is 12.1 Å². The van der Waals surface area contributed by atoms with E-state index in [1.807, 2.05) is 49.2 Å². The van der Waals surface area contributed by atoms with E-state index in [1.54, 1.807) is 6.20 Å². The molecular formula is C14H13N3. The van der Waals surface area contributed by atoms with Crippen LogP contribution in [0, 0.1) is 18.3 Å². The van der Waals surface area contributed by atoms with Gasteiger partial charge in [0.2, 0.25) is 0 Å². The molecule has 3 heteroatoms. The molecule has 2 rings (SSSR count). The van der Waals surface area contributed by atoms with Gasteiger partial charge in [0.1, 0.15) is 6.07 Å². The molecule has 0 spiro atoms. The van der Waals surface area contributed by atoms with Crippen molar-refractivity contribution in [3.05, 3.63) is 53.9 Å². The molecule has 0 aliphatic heterocycles. The van der Waals surface area contributed by atoms with Gasteiger partial charge in [-0.15, -0.1) is 0 Å². The first-order valence-electron chi connectivity index (χ1n) is 5.38. The Bertz CT molecular complexity index is 570. The fourth-order valence-electron chi connectivity index (χ4n) is 1.73. The average molecular weight is 223 g/mol. The van der Waals surface area contributed by atoms with Crippen LogP contribution in [0.25, 0.3) is 0 Å². The van der Waals surface area contributed by atoms with Crippen LogP contribution in [0.1, 0.15) is 11.3 Å². The number of pyridine rings is 1. The molecule has 17 heavy (non-hydrogen) atoms. The van der Waals surface area contributed by atoms with Gasteiger partial charge in [-0.05, 0) is 36.8 Å². The Morgan fingerprint density at radius 1 is 1.24 bits per heavy atom. The van der Waals surface area contributed by atoms with Crippen LogP contribution in [0.5, 0.6) is 0 Å². The number of hydrogen-bond donors (Lipinski definition) is 0. The first kappa shape index (κ1) is 11.2. The minimum atomic E-state index is 0.441. The number of anilines is 2. The van der Waals surface area contributed by atoms with Gasteiger partial charge in [-0.3, -0.25) is 0 Å². The van der Waals surface area contributed by atoms with E-state index in [9.17, 15) is 0 Å². The second-order valence-corrected chi connectivity index (χ2v) is 3.88. The second kappa shape index (κ2) is 4.67. The Labute approximate surface area is 101 Å². The van der Waals surface area contributed by atoms with Crippen LogP contribution in [0.15, 0.2) is 42.6 Å². The van der Waals surface area contributed by atoms with Gasteiger partial charge in [0, 0.05) is 18.9 Å². The Morgan fingerprint density at radius 2 is 2.06 bits per heavy atom. The van der Waals surface area contributed by atoms with E-state index in [-0.39, 0.29) is 0 Å². The summed E-state index contributed by atoms with van der Waals surface area (Å²) in [4.78, 5) is 6.03. The zero-order valence-corrected chi connectivity index (χ0v) is 9.88. The molecule has 84 valence electrons. The lowest BCUT2D eigenvalue weighted by Crippen LogP contribution is -2.11. The molecule has 0 amide bonds. The zero-order valence-electron chi connectivity index (χ0n) is 9.88. The molecule has 0 saturated carbocycles. The predicted molar refractivity (Wildman–Crippen MR) is 68.2 cm³/mol. The van der Waals surface area contributed by atoms with Crippen molar-refractivity contribution in [1.82, 2.24) is 4.98 Å². The molecule has 0 aliphatic carbocycles. The Balaban J connectivity index is 2.44. The van der Waals surface area contributed by atoms with E-state index in [1.165, 1.54) is 5.56 Å². The average Bonchev–Trinajstić information content (AvgIpc) is 2.38. The van der Waals surface area contributed by atoms with E-state index in [0.717, 1.165) is 11.4 Å². The number of rotatable bonds is 2. The monoisotopic (exact) mass is 223 g/mol. The van der Waals surface area contributed by atoms with Crippen molar-refractivity contribution in [1.29, 1.82) is 5.26 Å². The van der Waals surface area contributed by atoms with Crippen molar-refractivity contribution in [2.75, 3.05) is 11.9 Å². The lowest BCUT2D eigenvalue weighted by atomic mass is 10.2. The molecule has 0 aliphatic rings. The summed E-state index contributed by atoms with van der Waals surface area (Å²) >= 11 is 0. The summed E-state index contributed by atoms with van der Waals surface area (Å²) in [5.41, 5.74) is 3.50. The summed E-state index contributed by atoms with van der Waals surface area (Å²) in [7, 11) is 1.94. The third kappa shape index (κ3) is 2.26. The predicted octanol–water partition coefficient (Wildman–Crippen LogP) is 3.03. The van der Waals surface area contributed by atoms with E-state index < -0.39 is 0 Å². The van der Waals surface area contributed by atoms with Crippen LogP contribution in [0.3, 0.4) is 0 Å². The lowest BCUT2D eigenvalue weighted by Gasteiger charge is -2.20. The number of benzene rings is 1. The van der Waals surface area contributed by atoms with Crippen LogP contribution < -0.4 is 4.90 Å². The van der Waals surface area contributed by atoms with Gasteiger partial charge in [0.05, 0.1) is 5.69 Å². The maximum absolute atomic E-state index is 9.03. The van der Waals surface area contributed by atoms with Crippen LogP contribution in [-0.4, -0.2) is 12.0 Å². The van der Waals surface area contributed by atoms with Gasteiger partial charge in [-0.2, -0.15) is 5.26 Å². The largest absolute Gasteiger partial charge is 0.342 e. The minimum absolute atomic E-state index is 0.441. The van der Waals surface area contributed by atoms with Crippen LogP contribution >= 0.6 is 0 Å². The highest BCUT2D eigenvalue weighted by Gasteiger charge is 2.09. The number of aromatic nitrogens is 1. The first-order chi connectivity index (χ1) is 8.22. The third-order valence-electron chi connectivity index (χ3n) is 2.64. The Hall–Kier alpha value is -2.34. The molecule has 0 bridgehead atoms. The molecule has 0 saturated heterocycles. The van der Waals surface area contributed by atoms with E-state index in [0.29, 0.717) is 5.69 Å². The number of nitrogens with zero attached hydrogens (tertiary/aromatic N) is 3. The van der Waals surface area contributed by atoms with E-state index in [2.05, 4.69) is 17.1 Å². The molecule has 0 N–H and O–H groups in total. The molecule has 1 heterocycles. The van der Waals surface area contributed by atoms with Gasteiger partial charge in [0.15, 0.2) is 5.69 Å². The molecule has 1 aromatic carbocycles. The highest BCUT2D eigenvalue weighted by molar-refractivity contribution is 5.67. The third-order valence-corrected chi connectivity index (χ3v) is 2.64. The van der Waals surface area contributed by atoms with Crippen molar-refractivity contribution in [2.24, 2.45) is 0 Å². The van der Waals surface area contributed by atoms with Gasteiger partial charge in [0.25, 0.3) is 0 Å². The highest BCUT2D eigenvalue weighted by Crippen LogP contribution is 2.25. The highest BCUT2D eigenvalue weighted by atomic mass is 15.1. The van der Waals surface area contributed by atoms with Crippen molar-refractivity contribution < 1.29 is 0 Å². The number of aryl methyl sites for hydroxylation is 1. The standard InChI is InChI=1S/C14H13N3/c1-11-5-3-6-12(9-11)17(2)14-7-4-8-16-13(14)10-15/h3-9H,1-2H3. The fourth-order valence-corrected chi connectivity index (χ4v) is 1.73. The van der Waals surface area contributed by atoms with Crippen LogP contribution in [-0.2, 0) is 0 Å². The smallest absolute Gasteiger partial charge is 0.164 e. The molecule has 3 nitrogen and oxygen atoms in total. The van der Waals surface area contributed by atoms with Crippen LogP contribution in [0.4, 0.5) is 11.4 Å². The topological polar surface area (TPSA) is 39.9 Å². The Morgan fingerprint density at radius 3 is 2.76 bits per heavy atom. The quantitative estimate of drug-likeness (QED) is 0.785. The number of hydrogen-bond acceptors (Lipinski definition) is 3. The van der Waals surface area contributed by atoms with E-state index >= 15 is 0 Å². The normalized spacial score (nSPS) is 9.71. The van der Waals surface area contributed by atoms with Gasteiger partial charge < -0.3 is 4.90 Å². The summed E-state index contributed by atoms with van der Waals surface area (Å²) in [6.45, 7) is 2.05. The summed E-state index contributed by atoms with van der Waals surface area (Å²) in [6, 6.07) is 14.0. The molecule has 1 aromatic heterocycles. The summed E-state index contributed by atoms with van der Waals surface area (Å²) in [5, 5.41) is 9.03. The van der Waals surface area contributed by atoms with Crippen molar-refractivity contribution in [3.63, 3.8) is 0 Å². The van der Waals surface area contributed by atoms with Gasteiger partial charge in [-0.25, -0.2) is 4.98 Å². The Kier molecular flexibility index (Phi) is 3.06. The van der Waals surface area contributed by atoms with E-state index in [4.69, 9.17) is 5.26 Å². The molecule has 0 fully saturated rings. The second-order valence-electron chi connectivity index (χ2n) is 3.88. The lowest BCUT2D eigenvalue weighted by molar-refractivity contribution is 1.15. The van der Waals surface area contributed by atoms with Crippen molar-refractivity contribution >= 4 is 11.4 Å². The zero-order chi connectivity index (χ0) is 12.3.